The second-order valence-corrected chi connectivity index (χ2v) is 5.31. The van der Waals surface area contributed by atoms with Gasteiger partial charge in [0.1, 0.15) is 0 Å². The number of hydrogen-bond acceptors (Lipinski definition) is 3. The lowest BCUT2D eigenvalue weighted by Gasteiger charge is -2.31. The summed E-state index contributed by atoms with van der Waals surface area (Å²) in [6.45, 7) is 4.72. The fraction of sp³-hybridized carbons (Fsp3) is 0.923. The van der Waals surface area contributed by atoms with Gasteiger partial charge in [-0.15, -0.1) is 0 Å². The second kappa shape index (κ2) is 6.97. The highest BCUT2D eigenvalue weighted by atomic mass is 16.4. The molecule has 0 aromatic carbocycles. The van der Waals surface area contributed by atoms with Crippen molar-refractivity contribution < 1.29 is 15.0 Å². The molecule has 1 rings (SSSR count). The van der Waals surface area contributed by atoms with Gasteiger partial charge in [-0.1, -0.05) is 19.8 Å². The van der Waals surface area contributed by atoms with Gasteiger partial charge in [0.15, 0.2) is 0 Å². The van der Waals surface area contributed by atoms with E-state index in [1.165, 1.54) is 12.8 Å². The van der Waals surface area contributed by atoms with E-state index in [-0.39, 0.29) is 18.6 Å². The molecule has 100 valence electrons. The molecule has 0 bridgehead atoms. The lowest BCUT2D eigenvalue weighted by Crippen LogP contribution is -2.41. The topological polar surface area (TPSA) is 69.6 Å². The van der Waals surface area contributed by atoms with E-state index in [1.807, 2.05) is 6.92 Å². The Morgan fingerprint density at radius 3 is 2.41 bits per heavy atom. The highest BCUT2D eigenvalue weighted by molar-refractivity contribution is 5.70. The second-order valence-electron chi connectivity index (χ2n) is 5.31. The predicted octanol–water partition coefficient (Wildman–Crippen LogP) is 1.48. The molecule has 4 heteroatoms. The third kappa shape index (κ3) is 4.28. The SMILES string of the molecule is CC(NCC1CCCCC1CO)C(C)C(=O)O. The molecule has 0 aromatic rings. The van der Waals surface area contributed by atoms with Gasteiger partial charge < -0.3 is 15.5 Å². The van der Waals surface area contributed by atoms with Crippen LogP contribution in [0, 0.1) is 17.8 Å². The molecule has 1 aliphatic carbocycles. The first-order valence-corrected chi connectivity index (χ1v) is 6.63. The van der Waals surface area contributed by atoms with Crippen LogP contribution in [0.3, 0.4) is 0 Å². The Balaban J connectivity index is 2.35. The van der Waals surface area contributed by atoms with Crippen molar-refractivity contribution in [3.05, 3.63) is 0 Å². The Kier molecular flexibility index (Phi) is 5.92. The van der Waals surface area contributed by atoms with Crippen LogP contribution in [0.4, 0.5) is 0 Å². The van der Waals surface area contributed by atoms with Crippen molar-refractivity contribution in [1.82, 2.24) is 5.32 Å². The van der Waals surface area contributed by atoms with E-state index < -0.39 is 5.97 Å². The largest absolute Gasteiger partial charge is 0.481 e. The molecule has 1 saturated carbocycles. The normalized spacial score (nSPS) is 28.6. The average Bonchev–Trinajstić information content (AvgIpc) is 2.35. The van der Waals surface area contributed by atoms with E-state index >= 15 is 0 Å². The van der Waals surface area contributed by atoms with Crippen LogP contribution in [0.1, 0.15) is 39.5 Å². The first-order valence-electron chi connectivity index (χ1n) is 6.63. The molecule has 0 heterocycles. The van der Waals surface area contributed by atoms with Gasteiger partial charge in [0, 0.05) is 12.6 Å². The van der Waals surface area contributed by atoms with Crippen LogP contribution in [0.25, 0.3) is 0 Å². The average molecular weight is 243 g/mol. The van der Waals surface area contributed by atoms with Crippen LogP contribution in [-0.4, -0.2) is 35.4 Å². The van der Waals surface area contributed by atoms with E-state index in [1.54, 1.807) is 6.92 Å². The summed E-state index contributed by atoms with van der Waals surface area (Å²) in [7, 11) is 0. The first-order chi connectivity index (χ1) is 8.06. The van der Waals surface area contributed by atoms with Gasteiger partial charge >= 0.3 is 5.97 Å². The van der Waals surface area contributed by atoms with Crippen LogP contribution in [0.15, 0.2) is 0 Å². The Morgan fingerprint density at radius 2 is 1.88 bits per heavy atom. The van der Waals surface area contributed by atoms with Crippen LogP contribution in [0.5, 0.6) is 0 Å². The van der Waals surface area contributed by atoms with Crippen LogP contribution >= 0.6 is 0 Å². The maximum absolute atomic E-state index is 10.8. The molecule has 0 aliphatic heterocycles. The number of hydrogen-bond donors (Lipinski definition) is 3. The van der Waals surface area contributed by atoms with Gasteiger partial charge in [-0.2, -0.15) is 0 Å². The van der Waals surface area contributed by atoms with Crippen molar-refractivity contribution in [1.29, 1.82) is 0 Å². The minimum absolute atomic E-state index is 0.0197. The summed E-state index contributed by atoms with van der Waals surface area (Å²) in [5.41, 5.74) is 0. The molecule has 17 heavy (non-hydrogen) atoms. The molecule has 0 saturated heterocycles. The van der Waals surface area contributed by atoms with Crippen molar-refractivity contribution in [3.63, 3.8) is 0 Å². The summed E-state index contributed by atoms with van der Waals surface area (Å²) in [5.74, 6) is -0.237. The molecule has 0 radical (unpaired) electrons. The molecule has 3 N–H and O–H groups in total. The smallest absolute Gasteiger partial charge is 0.307 e. The summed E-state index contributed by atoms with van der Waals surface area (Å²) in [6.07, 6.45) is 4.69. The number of carboxylic acid groups (broad SMARTS) is 1. The molecule has 0 aromatic heterocycles. The molecule has 1 aliphatic rings. The molecular weight excluding hydrogens is 218 g/mol. The molecule has 4 nitrogen and oxygen atoms in total. The van der Waals surface area contributed by atoms with Crippen molar-refractivity contribution in [2.75, 3.05) is 13.2 Å². The molecule has 4 atom stereocenters. The van der Waals surface area contributed by atoms with Crippen molar-refractivity contribution in [2.45, 2.75) is 45.6 Å². The molecule has 0 amide bonds. The van der Waals surface area contributed by atoms with Crippen molar-refractivity contribution >= 4 is 5.97 Å². The maximum atomic E-state index is 10.8. The summed E-state index contributed by atoms with van der Waals surface area (Å²) < 4.78 is 0. The number of aliphatic carboxylic acids is 1. The molecule has 4 unspecified atom stereocenters. The summed E-state index contributed by atoms with van der Waals surface area (Å²) in [5, 5.41) is 21.5. The molecule has 1 fully saturated rings. The van der Waals surface area contributed by atoms with E-state index in [9.17, 15) is 9.90 Å². The Labute approximate surface area is 103 Å². The zero-order valence-electron chi connectivity index (χ0n) is 10.9. The summed E-state index contributed by atoms with van der Waals surface area (Å²) >= 11 is 0. The van der Waals surface area contributed by atoms with E-state index in [2.05, 4.69) is 5.32 Å². The monoisotopic (exact) mass is 243 g/mol. The van der Waals surface area contributed by atoms with E-state index in [0.717, 1.165) is 19.4 Å². The van der Waals surface area contributed by atoms with Crippen molar-refractivity contribution in [2.24, 2.45) is 17.8 Å². The highest BCUT2D eigenvalue weighted by Gasteiger charge is 2.26. The third-order valence-corrected chi connectivity index (χ3v) is 4.14. The van der Waals surface area contributed by atoms with Gasteiger partial charge in [0.25, 0.3) is 0 Å². The minimum Gasteiger partial charge on any atom is -0.481 e. The van der Waals surface area contributed by atoms with Gasteiger partial charge in [-0.05, 0) is 38.1 Å². The lowest BCUT2D eigenvalue weighted by atomic mass is 9.79. The lowest BCUT2D eigenvalue weighted by molar-refractivity contribution is -0.141. The number of aliphatic hydroxyl groups excluding tert-OH is 1. The zero-order valence-corrected chi connectivity index (χ0v) is 10.9. The fourth-order valence-electron chi connectivity index (χ4n) is 2.52. The van der Waals surface area contributed by atoms with Crippen LogP contribution in [0.2, 0.25) is 0 Å². The Bertz CT molecular complexity index is 245. The predicted molar refractivity (Wildman–Crippen MR) is 66.8 cm³/mol. The fourth-order valence-corrected chi connectivity index (χ4v) is 2.52. The van der Waals surface area contributed by atoms with Crippen LogP contribution in [-0.2, 0) is 4.79 Å². The number of nitrogens with one attached hydrogen (secondary N) is 1. The summed E-state index contributed by atoms with van der Waals surface area (Å²) in [6, 6.07) is -0.0197. The van der Waals surface area contributed by atoms with E-state index in [0.29, 0.717) is 11.8 Å². The number of carbonyl (C=O) groups is 1. The minimum atomic E-state index is -0.757. The van der Waals surface area contributed by atoms with Gasteiger partial charge in [-0.3, -0.25) is 4.79 Å². The summed E-state index contributed by atoms with van der Waals surface area (Å²) in [4.78, 5) is 10.8. The number of rotatable bonds is 6. The molecule has 0 spiro atoms. The van der Waals surface area contributed by atoms with Crippen molar-refractivity contribution in [3.8, 4) is 0 Å². The third-order valence-electron chi connectivity index (χ3n) is 4.14. The Hall–Kier alpha value is -0.610. The van der Waals surface area contributed by atoms with Gasteiger partial charge in [0.2, 0.25) is 0 Å². The number of aliphatic hydroxyl groups is 1. The standard InChI is InChI=1S/C13H25NO3/c1-9(13(16)17)10(2)14-7-11-5-3-4-6-12(11)8-15/h9-12,14-15H,3-8H2,1-2H3,(H,16,17). The first kappa shape index (κ1) is 14.5. The molecular formula is C13H25NO3. The van der Waals surface area contributed by atoms with Gasteiger partial charge in [-0.25, -0.2) is 0 Å². The van der Waals surface area contributed by atoms with Crippen LogP contribution < -0.4 is 5.32 Å². The number of carboxylic acids is 1. The zero-order chi connectivity index (χ0) is 12.8. The van der Waals surface area contributed by atoms with Gasteiger partial charge in [0.05, 0.1) is 5.92 Å². The quantitative estimate of drug-likeness (QED) is 0.661. The highest BCUT2D eigenvalue weighted by Crippen LogP contribution is 2.29. The maximum Gasteiger partial charge on any atom is 0.307 e. The Morgan fingerprint density at radius 1 is 1.29 bits per heavy atom. The van der Waals surface area contributed by atoms with E-state index in [4.69, 9.17) is 5.11 Å².